The summed E-state index contributed by atoms with van der Waals surface area (Å²) in [6.07, 6.45) is 5.55. The van der Waals surface area contributed by atoms with E-state index >= 15 is 0 Å². The molecule has 1 saturated carbocycles. The smallest absolute Gasteiger partial charge is 0.323 e. The summed E-state index contributed by atoms with van der Waals surface area (Å²) in [7, 11) is 1.40. The van der Waals surface area contributed by atoms with Crippen LogP contribution in [-0.2, 0) is 9.53 Å². The van der Waals surface area contributed by atoms with Gasteiger partial charge in [-0.25, -0.2) is 0 Å². The van der Waals surface area contributed by atoms with Gasteiger partial charge in [-0.15, -0.1) is 0 Å². The number of hydrogen-bond acceptors (Lipinski definition) is 4. The van der Waals surface area contributed by atoms with Crippen LogP contribution in [0.2, 0.25) is 0 Å². The van der Waals surface area contributed by atoms with Crippen LogP contribution in [0, 0.1) is 11.8 Å². The number of carbonyl (C=O) groups is 1. The molecule has 0 spiro atoms. The normalized spacial score (nSPS) is 20.1. The minimum Gasteiger partial charge on any atom is -0.468 e. The van der Waals surface area contributed by atoms with Gasteiger partial charge in [0, 0.05) is 6.54 Å². The number of ether oxygens (including phenoxy) is 1. The average molecular weight is 257 g/mol. The summed E-state index contributed by atoms with van der Waals surface area (Å²) in [4.78, 5) is 11.5. The summed E-state index contributed by atoms with van der Waals surface area (Å²) >= 11 is 0. The monoisotopic (exact) mass is 257 g/mol. The molecule has 0 aliphatic heterocycles. The van der Waals surface area contributed by atoms with E-state index in [1.54, 1.807) is 0 Å². The predicted molar refractivity (Wildman–Crippen MR) is 71.2 cm³/mol. The number of methoxy groups -OCH3 is 1. The van der Waals surface area contributed by atoms with Crippen molar-refractivity contribution in [2.45, 2.75) is 58.1 Å². The van der Waals surface area contributed by atoms with Crippen molar-refractivity contribution in [2.24, 2.45) is 11.8 Å². The summed E-state index contributed by atoms with van der Waals surface area (Å²) in [6.45, 7) is 4.41. The molecule has 0 aromatic rings. The number of carbonyl (C=O) groups excluding carboxylic acids is 1. The van der Waals surface area contributed by atoms with E-state index < -0.39 is 0 Å². The summed E-state index contributed by atoms with van der Waals surface area (Å²) in [6, 6.07) is -0.326. The van der Waals surface area contributed by atoms with Crippen LogP contribution < -0.4 is 5.32 Å². The first kappa shape index (κ1) is 15.4. The van der Waals surface area contributed by atoms with Crippen molar-refractivity contribution >= 4 is 5.97 Å². The molecule has 0 saturated heterocycles. The number of hydrogen-bond donors (Lipinski definition) is 2. The van der Waals surface area contributed by atoms with Gasteiger partial charge in [0.25, 0.3) is 0 Å². The van der Waals surface area contributed by atoms with Crippen molar-refractivity contribution in [1.82, 2.24) is 5.32 Å². The number of rotatable bonds is 7. The van der Waals surface area contributed by atoms with Crippen LogP contribution in [0.3, 0.4) is 0 Å². The van der Waals surface area contributed by atoms with Crippen molar-refractivity contribution in [2.75, 3.05) is 13.7 Å². The maximum atomic E-state index is 11.5. The van der Waals surface area contributed by atoms with Crippen molar-refractivity contribution in [1.29, 1.82) is 0 Å². The molecule has 4 heteroatoms. The van der Waals surface area contributed by atoms with Gasteiger partial charge in [-0.2, -0.15) is 0 Å². The number of aliphatic hydroxyl groups excluding tert-OH is 1. The second kappa shape index (κ2) is 7.74. The lowest BCUT2D eigenvalue weighted by atomic mass is 9.99. The van der Waals surface area contributed by atoms with E-state index in [-0.39, 0.29) is 24.0 Å². The molecule has 1 aliphatic rings. The maximum absolute atomic E-state index is 11.5. The predicted octanol–water partition coefficient (Wildman–Crippen LogP) is 1.71. The van der Waals surface area contributed by atoms with E-state index in [2.05, 4.69) is 5.32 Å². The van der Waals surface area contributed by atoms with Gasteiger partial charge in [0.05, 0.1) is 13.2 Å². The minimum atomic E-state index is -0.362. The van der Waals surface area contributed by atoms with E-state index in [0.717, 1.165) is 6.42 Å². The second-order valence-electron chi connectivity index (χ2n) is 5.69. The zero-order chi connectivity index (χ0) is 13.5. The Morgan fingerprint density at radius 3 is 2.50 bits per heavy atom. The van der Waals surface area contributed by atoms with Gasteiger partial charge in [0.2, 0.25) is 0 Å². The Bertz CT molecular complexity index is 249. The van der Waals surface area contributed by atoms with Crippen molar-refractivity contribution < 1.29 is 14.6 Å². The van der Waals surface area contributed by atoms with Crippen molar-refractivity contribution in [3.63, 3.8) is 0 Å². The molecule has 1 aliphatic carbocycles. The molecule has 0 radical (unpaired) electrons. The van der Waals surface area contributed by atoms with Crippen LogP contribution >= 0.6 is 0 Å². The van der Waals surface area contributed by atoms with Crippen LogP contribution in [0.25, 0.3) is 0 Å². The SMILES string of the molecule is COC(=O)C(NCC(O)CC1CCCC1)C(C)C. The topological polar surface area (TPSA) is 58.6 Å². The molecule has 1 fully saturated rings. The molecule has 0 bridgehead atoms. The maximum Gasteiger partial charge on any atom is 0.323 e. The zero-order valence-corrected chi connectivity index (χ0v) is 11.8. The number of nitrogens with one attached hydrogen (secondary N) is 1. The Morgan fingerprint density at radius 1 is 1.39 bits per heavy atom. The Kier molecular flexibility index (Phi) is 6.65. The third-order valence-corrected chi connectivity index (χ3v) is 3.78. The third-order valence-electron chi connectivity index (χ3n) is 3.78. The highest BCUT2D eigenvalue weighted by Gasteiger charge is 2.24. The highest BCUT2D eigenvalue weighted by Crippen LogP contribution is 2.28. The first-order chi connectivity index (χ1) is 8.54. The fraction of sp³-hybridized carbons (Fsp3) is 0.929. The van der Waals surface area contributed by atoms with E-state index in [0.29, 0.717) is 12.5 Å². The Hall–Kier alpha value is -0.610. The lowest BCUT2D eigenvalue weighted by molar-refractivity contribution is -0.144. The molecule has 2 N–H and O–H groups in total. The van der Waals surface area contributed by atoms with E-state index in [9.17, 15) is 9.90 Å². The Morgan fingerprint density at radius 2 is 2.00 bits per heavy atom. The number of esters is 1. The fourth-order valence-electron chi connectivity index (χ4n) is 2.70. The highest BCUT2D eigenvalue weighted by atomic mass is 16.5. The molecular formula is C14H27NO3. The minimum absolute atomic E-state index is 0.163. The summed E-state index contributed by atoms with van der Waals surface area (Å²) in [5.41, 5.74) is 0. The Balaban J connectivity index is 2.29. The zero-order valence-electron chi connectivity index (χ0n) is 11.8. The highest BCUT2D eigenvalue weighted by molar-refractivity contribution is 5.75. The van der Waals surface area contributed by atoms with Gasteiger partial charge in [0.1, 0.15) is 6.04 Å². The van der Waals surface area contributed by atoms with Gasteiger partial charge in [0.15, 0.2) is 0 Å². The van der Waals surface area contributed by atoms with Crippen LogP contribution in [0.5, 0.6) is 0 Å². The van der Waals surface area contributed by atoms with Gasteiger partial charge in [-0.1, -0.05) is 39.5 Å². The molecule has 0 amide bonds. The average Bonchev–Trinajstić information content (AvgIpc) is 2.81. The standard InChI is InChI=1S/C14H27NO3/c1-10(2)13(14(17)18-3)15-9-12(16)8-11-6-4-5-7-11/h10-13,15-16H,4-9H2,1-3H3. The van der Waals surface area contributed by atoms with Gasteiger partial charge >= 0.3 is 5.97 Å². The van der Waals surface area contributed by atoms with Gasteiger partial charge < -0.3 is 15.2 Å². The third kappa shape index (κ3) is 4.94. The van der Waals surface area contributed by atoms with E-state index in [4.69, 9.17) is 4.74 Å². The first-order valence-electron chi connectivity index (χ1n) is 7.03. The van der Waals surface area contributed by atoms with Crippen molar-refractivity contribution in [3.8, 4) is 0 Å². The summed E-state index contributed by atoms with van der Waals surface area (Å²) in [5.74, 6) is 0.576. The second-order valence-corrected chi connectivity index (χ2v) is 5.69. The van der Waals surface area contributed by atoms with Gasteiger partial charge in [-0.05, 0) is 18.3 Å². The molecule has 106 valence electrons. The summed E-state index contributed by atoms with van der Waals surface area (Å²) in [5, 5.41) is 13.1. The summed E-state index contributed by atoms with van der Waals surface area (Å²) < 4.78 is 4.76. The Labute approximate surface area is 110 Å². The molecule has 0 aromatic heterocycles. The van der Waals surface area contributed by atoms with Crippen LogP contribution in [0.15, 0.2) is 0 Å². The molecule has 4 nitrogen and oxygen atoms in total. The van der Waals surface area contributed by atoms with Crippen LogP contribution in [-0.4, -0.2) is 36.9 Å². The largest absolute Gasteiger partial charge is 0.468 e. The molecule has 18 heavy (non-hydrogen) atoms. The fourth-order valence-corrected chi connectivity index (χ4v) is 2.70. The lowest BCUT2D eigenvalue weighted by Gasteiger charge is -2.22. The van der Waals surface area contributed by atoms with Crippen molar-refractivity contribution in [3.05, 3.63) is 0 Å². The quantitative estimate of drug-likeness (QED) is 0.682. The molecule has 2 unspecified atom stereocenters. The van der Waals surface area contributed by atoms with E-state index in [1.165, 1.54) is 32.8 Å². The lowest BCUT2D eigenvalue weighted by Crippen LogP contribution is -2.45. The molecule has 0 heterocycles. The van der Waals surface area contributed by atoms with Gasteiger partial charge in [-0.3, -0.25) is 4.79 Å². The number of aliphatic hydroxyl groups is 1. The molecule has 2 atom stereocenters. The molecule has 1 rings (SSSR count). The first-order valence-corrected chi connectivity index (χ1v) is 7.03. The van der Waals surface area contributed by atoms with Crippen LogP contribution in [0.1, 0.15) is 46.0 Å². The van der Waals surface area contributed by atoms with Crippen LogP contribution in [0.4, 0.5) is 0 Å². The molecular weight excluding hydrogens is 230 g/mol. The molecule has 0 aromatic carbocycles. The van der Waals surface area contributed by atoms with E-state index in [1.807, 2.05) is 13.8 Å².